The van der Waals surface area contributed by atoms with E-state index in [4.69, 9.17) is 0 Å². The second kappa shape index (κ2) is 7.25. The largest absolute Gasteiger partial charge is 0.289 e. The summed E-state index contributed by atoms with van der Waals surface area (Å²) in [6.45, 7) is 15.4. The molecule has 2 aliphatic rings. The van der Waals surface area contributed by atoms with Gasteiger partial charge in [-0.1, -0.05) is 92.0 Å². The molecule has 2 aliphatic carbocycles. The van der Waals surface area contributed by atoms with Crippen LogP contribution in [0.15, 0.2) is 35.5 Å². The highest BCUT2D eigenvalue weighted by Crippen LogP contribution is 2.51. The Bertz CT molecular complexity index is 553. The van der Waals surface area contributed by atoms with Crippen LogP contribution in [0.5, 0.6) is 0 Å². The van der Waals surface area contributed by atoms with E-state index in [1.165, 1.54) is 25.7 Å². The number of allylic oxidation sites excluding steroid dienone is 6. The molecule has 0 saturated heterocycles. The van der Waals surface area contributed by atoms with Gasteiger partial charge in [0.25, 0.3) is 0 Å². The number of Topliss-reactive ketones (excluding diaryl/α,β-unsaturated/α-hetero) is 1. The highest BCUT2D eigenvalue weighted by Gasteiger charge is 2.44. The van der Waals surface area contributed by atoms with Crippen molar-refractivity contribution in [3.05, 3.63) is 35.5 Å². The second-order valence-electron chi connectivity index (χ2n) is 10.1. The van der Waals surface area contributed by atoms with Crippen molar-refractivity contribution >= 4 is 5.78 Å². The highest BCUT2D eigenvalue weighted by molar-refractivity contribution is 6.11. The summed E-state index contributed by atoms with van der Waals surface area (Å²) >= 11 is 0. The van der Waals surface area contributed by atoms with Gasteiger partial charge in [0.1, 0.15) is 0 Å². The SMILES string of the molecule is CCCCCC1C=CCCC12C=C(C(C)(C)C)C(=O)C(C(C)(C)C)=C2. The zero-order chi connectivity index (χ0) is 18.9. The van der Waals surface area contributed by atoms with Gasteiger partial charge in [-0.15, -0.1) is 0 Å². The smallest absolute Gasteiger partial charge is 0.185 e. The Kier molecular flexibility index (Phi) is 5.86. The number of hydrogen-bond donors (Lipinski definition) is 0. The van der Waals surface area contributed by atoms with E-state index in [2.05, 4.69) is 72.8 Å². The monoisotopic (exact) mass is 342 g/mol. The van der Waals surface area contributed by atoms with Crippen LogP contribution in [0.25, 0.3) is 0 Å². The first-order valence-electron chi connectivity index (χ1n) is 10.2. The van der Waals surface area contributed by atoms with E-state index < -0.39 is 0 Å². The third-order valence-corrected chi connectivity index (χ3v) is 5.85. The van der Waals surface area contributed by atoms with Crippen molar-refractivity contribution < 1.29 is 4.79 Å². The summed E-state index contributed by atoms with van der Waals surface area (Å²) in [6, 6.07) is 0. The number of rotatable bonds is 4. The van der Waals surface area contributed by atoms with E-state index in [-0.39, 0.29) is 22.0 Å². The summed E-state index contributed by atoms with van der Waals surface area (Å²) in [4.78, 5) is 13.3. The molecule has 0 aromatic carbocycles. The maximum Gasteiger partial charge on any atom is 0.185 e. The van der Waals surface area contributed by atoms with Crippen LogP contribution in [0.3, 0.4) is 0 Å². The maximum absolute atomic E-state index is 13.3. The average molecular weight is 343 g/mol. The molecule has 0 aliphatic heterocycles. The second-order valence-corrected chi connectivity index (χ2v) is 10.1. The van der Waals surface area contributed by atoms with Crippen LogP contribution in [0.2, 0.25) is 0 Å². The number of hydrogen-bond acceptors (Lipinski definition) is 1. The predicted molar refractivity (Wildman–Crippen MR) is 109 cm³/mol. The lowest BCUT2D eigenvalue weighted by Gasteiger charge is -2.44. The Morgan fingerprint density at radius 3 is 2.04 bits per heavy atom. The molecule has 1 unspecified atom stereocenters. The van der Waals surface area contributed by atoms with Crippen molar-refractivity contribution in [2.45, 2.75) is 87.0 Å². The van der Waals surface area contributed by atoms with Crippen molar-refractivity contribution in [1.29, 1.82) is 0 Å². The van der Waals surface area contributed by atoms with Gasteiger partial charge in [0, 0.05) is 16.6 Å². The fourth-order valence-corrected chi connectivity index (χ4v) is 4.27. The van der Waals surface area contributed by atoms with Gasteiger partial charge < -0.3 is 0 Å². The third kappa shape index (κ3) is 4.36. The van der Waals surface area contributed by atoms with Crippen molar-refractivity contribution in [1.82, 2.24) is 0 Å². The molecule has 2 rings (SSSR count). The van der Waals surface area contributed by atoms with Gasteiger partial charge in [0.2, 0.25) is 0 Å². The molecule has 25 heavy (non-hydrogen) atoms. The van der Waals surface area contributed by atoms with Gasteiger partial charge in [-0.3, -0.25) is 4.79 Å². The van der Waals surface area contributed by atoms with E-state index in [1.807, 2.05) is 0 Å². The Balaban J connectivity index is 2.53. The summed E-state index contributed by atoms with van der Waals surface area (Å²) in [5.74, 6) is 0.795. The highest BCUT2D eigenvalue weighted by atomic mass is 16.1. The molecule has 1 heteroatoms. The maximum atomic E-state index is 13.3. The minimum atomic E-state index is -0.107. The molecule has 1 atom stereocenters. The molecule has 0 radical (unpaired) electrons. The zero-order valence-electron chi connectivity index (χ0n) is 17.5. The van der Waals surface area contributed by atoms with E-state index in [0.29, 0.717) is 5.92 Å². The lowest BCUT2D eigenvalue weighted by atomic mass is 9.59. The topological polar surface area (TPSA) is 17.1 Å². The van der Waals surface area contributed by atoms with Gasteiger partial charge in [0.15, 0.2) is 5.78 Å². The normalized spacial score (nSPS) is 23.6. The molecule has 140 valence electrons. The third-order valence-electron chi connectivity index (χ3n) is 5.85. The summed E-state index contributed by atoms with van der Waals surface area (Å²) in [7, 11) is 0. The number of carbonyl (C=O) groups is 1. The van der Waals surface area contributed by atoms with Crippen LogP contribution in [-0.4, -0.2) is 5.78 Å². The molecule has 0 aromatic rings. The molecule has 0 heterocycles. The molecular formula is C24H38O. The van der Waals surface area contributed by atoms with Gasteiger partial charge in [0.05, 0.1) is 0 Å². The summed E-state index contributed by atoms with van der Waals surface area (Å²) in [5.41, 5.74) is 1.86. The summed E-state index contributed by atoms with van der Waals surface area (Å²) in [5, 5.41) is 0. The quantitative estimate of drug-likeness (QED) is 0.395. The fraction of sp³-hybridized carbons (Fsp3) is 0.708. The van der Waals surface area contributed by atoms with Crippen molar-refractivity contribution in [3.8, 4) is 0 Å². The molecule has 0 bridgehead atoms. The number of unbranched alkanes of at least 4 members (excludes halogenated alkanes) is 2. The Hall–Kier alpha value is -1.11. The van der Waals surface area contributed by atoms with Crippen LogP contribution >= 0.6 is 0 Å². The molecule has 0 aromatic heterocycles. The van der Waals surface area contributed by atoms with Crippen molar-refractivity contribution in [2.24, 2.45) is 22.2 Å². The molecule has 0 fully saturated rings. The average Bonchev–Trinajstić information content (AvgIpc) is 2.49. The minimum Gasteiger partial charge on any atom is -0.289 e. The predicted octanol–water partition coefficient (Wildman–Crippen LogP) is 7.05. The first-order valence-corrected chi connectivity index (χ1v) is 10.2. The van der Waals surface area contributed by atoms with E-state index in [1.54, 1.807) is 0 Å². The molecular weight excluding hydrogens is 304 g/mol. The van der Waals surface area contributed by atoms with Crippen molar-refractivity contribution in [3.63, 3.8) is 0 Å². The van der Waals surface area contributed by atoms with Crippen LogP contribution in [0.1, 0.15) is 87.0 Å². The van der Waals surface area contributed by atoms with Crippen LogP contribution in [-0.2, 0) is 4.79 Å². The van der Waals surface area contributed by atoms with Gasteiger partial charge in [-0.2, -0.15) is 0 Å². The van der Waals surface area contributed by atoms with E-state index in [9.17, 15) is 4.79 Å². The molecule has 0 amide bonds. The van der Waals surface area contributed by atoms with Crippen LogP contribution in [0, 0.1) is 22.2 Å². The fourth-order valence-electron chi connectivity index (χ4n) is 4.27. The van der Waals surface area contributed by atoms with Crippen LogP contribution < -0.4 is 0 Å². The zero-order valence-corrected chi connectivity index (χ0v) is 17.5. The molecule has 0 saturated carbocycles. The minimum absolute atomic E-state index is 0.0294. The van der Waals surface area contributed by atoms with Gasteiger partial charge in [-0.05, 0) is 36.0 Å². The number of carbonyl (C=O) groups excluding carboxylic acids is 1. The lowest BCUT2D eigenvalue weighted by molar-refractivity contribution is -0.114. The molecule has 0 N–H and O–H groups in total. The Morgan fingerprint density at radius 2 is 1.56 bits per heavy atom. The van der Waals surface area contributed by atoms with Crippen molar-refractivity contribution in [2.75, 3.05) is 0 Å². The summed E-state index contributed by atoms with van der Waals surface area (Å²) in [6.07, 6.45) is 16.8. The van der Waals surface area contributed by atoms with Gasteiger partial charge in [-0.25, -0.2) is 0 Å². The first-order chi connectivity index (χ1) is 11.5. The number of ketones is 1. The van der Waals surface area contributed by atoms with Crippen LogP contribution in [0.4, 0.5) is 0 Å². The summed E-state index contributed by atoms with van der Waals surface area (Å²) < 4.78 is 0. The Morgan fingerprint density at radius 1 is 1.00 bits per heavy atom. The molecule has 1 spiro atoms. The van der Waals surface area contributed by atoms with E-state index >= 15 is 0 Å². The molecule has 1 nitrogen and oxygen atoms in total. The first kappa shape index (κ1) is 20.2. The lowest BCUT2D eigenvalue weighted by Crippen LogP contribution is -2.38. The van der Waals surface area contributed by atoms with Gasteiger partial charge >= 0.3 is 0 Å². The Labute approximate surface area is 155 Å². The van der Waals surface area contributed by atoms with E-state index in [0.717, 1.165) is 24.0 Å². The standard InChI is InChI=1S/C24H38O/c1-8-9-10-13-18-14-11-12-15-24(18)16-19(22(2,3)4)21(25)20(17-24)23(5,6)7/h11,14,16-18H,8-10,12-13,15H2,1-7H3.